The molecule has 0 aromatic rings. The van der Waals surface area contributed by atoms with E-state index in [0.717, 1.165) is 25.4 Å². The van der Waals surface area contributed by atoms with Gasteiger partial charge in [-0.1, -0.05) is 0 Å². The van der Waals surface area contributed by atoms with Crippen LogP contribution >= 0.6 is 0 Å². The van der Waals surface area contributed by atoms with Crippen LogP contribution in [0.3, 0.4) is 0 Å². The summed E-state index contributed by atoms with van der Waals surface area (Å²) in [7, 11) is 2.13. The first-order valence-corrected chi connectivity index (χ1v) is 5.59. The fourth-order valence-corrected chi connectivity index (χ4v) is 1.93. The summed E-state index contributed by atoms with van der Waals surface area (Å²) in [5.74, 6) is -0.0573. The summed E-state index contributed by atoms with van der Waals surface area (Å²) in [6.07, 6.45) is 2.31. The lowest BCUT2D eigenvalue weighted by molar-refractivity contribution is -0.143. The number of nitrogens with zero attached hydrogens (tertiary/aromatic N) is 1. The molecule has 0 amide bonds. The molecule has 88 valence electrons. The average Bonchev–Trinajstić information content (AvgIpc) is 2.51. The van der Waals surface area contributed by atoms with Crippen LogP contribution in [0, 0.1) is 5.92 Å². The van der Waals surface area contributed by atoms with Crippen LogP contribution in [-0.2, 0) is 4.79 Å². The van der Waals surface area contributed by atoms with E-state index in [1.165, 1.54) is 13.0 Å². The molecule has 0 radical (unpaired) electrons. The van der Waals surface area contributed by atoms with E-state index >= 15 is 0 Å². The molecule has 1 atom stereocenters. The maximum absolute atomic E-state index is 10.8. The van der Waals surface area contributed by atoms with Crippen molar-refractivity contribution in [2.24, 2.45) is 5.92 Å². The van der Waals surface area contributed by atoms with Gasteiger partial charge in [-0.25, -0.2) is 0 Å². The summed E-state index contributed by atoms with van der Waals surface area (Å²) >= 11 is 0. The van der Waals surface area contributed by atoms with Crippen molar-refractivity contribution >= 4 is 5.97 Å². The van der Waals surface area contributed by atoms with Crippen LogP contribution in [0.2, 0.25) is 0 Å². The SMILES string of the molecule is CN1CCC(CCNC(C)(C)C(=O)O)C1. The quantitative estimate of drug-likeness (QED) is 0.710. The molecule has 1 aliphatic heterocycles. The van der Waals surface area contributed by atoms with Gasteiger partial charge >= 0.3 is 5.97 Å². The number of carbonyl (C=O) groups is 1. The number of hydrogen-bond acceptors (Lipinski definition) is 3. The second kappa shape index (κ2) is 4.94. The molecule has 1 aliphatic rings. The molecule has 1 unspecified atom stereocenters. The summed E-state index contributed by atoms with van der Waals surface area (Å²) < 4.78 is 0. The maximum atomic E-state index is 10.8. The van der Waals surface area contributed by atoms with E-state index in [2.05, 4.69) is 17.3 Å². The Morgan fingerprint density at radius 1 is 1.60 bits per heavy atom. The highest BCUT2D eigenvalue weighted by atomic mass is 16.4. The smallest absolute Gasteiger partial charge is 0.323 e. The lowest BCUT2D eigenvalue weighted by atomic mass is 10.0. The molecule has 0 saturated carbocycles. The molecule has 0 bridgehead atoms. The first-order chi connectivity index (χ1) is 6.92. The van der Waals surface area contributed by atoms with Gasteiger partial charge in [0.05, 0.1) is 0 Å². The average molecular weight is 214 g/mol. The Bertz CT molecular complexity index is 229. The molecule has 4 nitrogen and oxygen atoms in total. The van der Waals surface area contributed by atoms with Crippen molar-refractivity contribution < 1.29 is 9.90 Å². The van der Waals surface area contributed by atoms with E-state index in [4.69, 9.17) is 5.11 Å². The summed E-state index contributed by atoms with van der Waals surface area (Å²) in [5, 5.41) is 12.0. The van der Waals surface area contributed by atoms with Gasteiger partial charge in [0.25, 0.3) is 0 Å². The topological polar surface area (TPSA) is 52.6 Å². The van der Waals surface area contributed by atoms with Crippen LogP contribution < -0.4 is 5.32 Å². The van der Waals surface area contributed by atoms with Crippen LogP contribution in [0.5, 0.6) is 0 Å². The van der Waals surface area contributed by atoms with Gasteiger partial charge in [0.2, 0.25) is 0 Å². The molecular formula is C11H22N2O2. The van der Waals surface area contributed by atoms with E-state index in [0.29, 0.717) is 0 Å². The highest BCUT2D eigenvalue weighted by molar-refractivity contribution is 5.77. The number of likely N-dealkylation sites (tertiary alicyclic amines) is 1. The van der Waals surface area contributed by atoms with Crippen LogP contribution in [0.1, 0.15) is 26.7 Å². The third-order valence-electron chi connectivity index (χ3n) is 3.14. The summed E-state index contributed by atoms with van der Waals surface area (Å²) in [6, 6.07) is 0. The molecule has 4 heteroatoms. The zero-order chi connectivity index (χ0) is 11.5. The summed E-state index contributed by atoms with van der Waals surface area (Å²) in [5.41, 5.74) is -0.801. The van der Waals surface area contributed by atoms with Crippen molar-refractivity contribution in [3.05, 3.63) is 0 Å². The Labute approximate surface area is 91.6 Å². The van der Waals surface area contributed by atoms with Crippen molar-refractivity contribution in [2.45, 2.75) is 32.2 Å². The first-order valence-electron chi connectivity index (χ1n) is 5.59. The minimum Gasteiger partial charge on any atom is -0.480 e. The Kier molecular flexibility index (Phi) is 4.11. The van der Waals surface area contributed by atoms with Crippen LogP contribution in [0.15, 0.2) is 0 Å². The minimum absolute atomic E-state index is 0.729. The third kappa shape index (κ3) is 3.80. The normalized spacial score (nSPS) is 23.3. The van der Waals surface area contributed by atoms with E-state index in [1.807, 2.05) is 0 Å². The van der Waals surface area contributed by atoms with Gasteiger partial charge in [0.15, 0.2) is 0 Å². The predicted octanol–water partition coefficient (Wildman–Crippen LogP) is 0.781. The molecule has 0 aliphatic carbocycles. The maximum Gasteiger partial charge on any atom is 0.323 e. The molecule has 1 rings (SSSR count). The number of carboxylic acids is 1. The molecule has 1 fully saturated rings. The number of nitrogens with one attached hydrogen (secondary N) is 1. The fourth-order valence-electron chi connectivity index (χ4n) is 1.93. The zero-order valence-corrected chi connectivity index (χ0v) is 9.92. The highest BCUT2D eigenvalue weighted by Crippen LogP contribution is 2.17. The second-order valence-corrected chi connectivity index (χ2v) is 5.06. The number of hydrogen-bond donors (Lipinski definition) is 2. The third-order valence-corrected chi connectivity index (χ3v) is 3.14. The van der Waals surface area contributed by atoms with E-state index in [9.17, 15) is 4.79 Å². The van der Waals surface area contributed by atoms with Crippen molar-refractivity contribution in [2.75, 3.05) is 26.7 Å². The predicted molar refractivity (Wildman–Crippen MR) is 59.9 cm³/mol. The largest absolute Gasteiger partial charge is 0.480 e. The molecule has 0 aromatic carbocycles. The van der Waals surface area contributed by atoms with Gasteiger partial charge in [0, 0.05) is 6.54 Å². The van der Waals surface area contributed by atoms with Gasteiger partial charge in [-0.3, -0.25) is 4.79 Å². The molecular weight excluding hydrogens is 192 g/mol. The highest BCUT2D eigenvalue weighted by Gasteiger charge is 2.26. The summed E-state index contributed by atoms with van der Waals surface area (Å²) in [6.45, 7) is 6.52. The van der Waals surface area contributed by atoms with Gasteiger partial charge in [-0.15, -0.1) is 0 Å². The van der Waals surface area contributed by atoms with Crippen molar-refractivity contribution in [3.63, 3.8) is 0 Å². The Hall–Kier alpha value is -0.610. The zero-order valence-electron chi connectivity index (χ0n) is 9.92. The van der Waals surface area contributed by atoms with Crippen LogP contribution in [0.25, 0.3) is 0 Å². The Morgan fingerprint density at radius 3 is 2.73 bits per heavy atom. The van der Waals surface area contributed by atoms with E-state index in [-0.39, 0.29) is 0 Å². The molecule has 1 heterocycles. The monoisotopic (exact) mass is 214 g/mol. The Balaban J connectivity index is 2.19. The molecule has 1 saturated heterocycles. The number of carboxylic acid groups (broad SMARTS) is 1. The second-order valence-electron chi connectivity index (χ2n) is 5.06. The van der Waals surface area contributed by atoms with Gasteiger partial charge < -0.3 is 15.3 Å². The summed E-state index contributed by atoms with van der Waals surface area (Å²) in [4.78, 5) is 13.2. The van der Waals surface area contributed by atoms with Crippen molar-refractivity contribution in [1.82, 2.24) is 10.2 Å². The van der Waals surface area contributed by atoms with Gasteiger partial charge in [-0.05, 0) is 52.7 Å². The minimum atomic E-state index is -0.801. The fraction of sp³-hybridized carbons (Fsp3) is 0.909. The number of rotatable bonds is 5. The lowest BCUT2D eigenvalue weighted by Gasteiger charge is -2.22. The van der Waals surface area contributed by atoms with Crippen molar-refractivity contribution in [3.8, 4) is 0 Å². The van der Waals surface area contributed by atoms with E-state index in [1.54, 1.807) is 13.8 Å². The van der Waals surface area contributed by atoms with Crippen molar-refractivity contribution in [1.29, 1.82) is 0 Å². The van der Waals surface area contributed by atoms with Gasteiger partial charge in [-0.2, -0.15) is 0 Å². The number of aliphatic carboxylic acids is 1. The van der Waals surface area contributed by atoms with E-state index < -0.39 is 11.5 Å². The van der Waals surface area contributed by atoms with Crippen LogP contribution in [0.4, 0.5) is 0 Å². The molecule has 2 N–H and O–H groups in total. The first kappa shape index (κ1) is 12.5. The molecule has 0 spiro atoms. The molecule has 0 aromatic heterocycles. The lowest BCUT2D eigenvalue weighted by Crippen LogP contribution is -2.47. The standard InChI is InChI=1S/C11H22N2O2/c1-11(2,10(14)15)12-6-4-9-5-7-13(3)8-9/h9,12H,4-8H2,1-3H3,(H,14,15). The Morgan fingerprint density at radius 2 is 2.27 bits per heavy atom. The van der Waals surface area contributed by atoms with Gasteiger partial charge in [0.1, 0.15) is 5.54 Å². The molecule has 15 heavy (non-hydrogen) atoms. The van der Waals surface area contributed by atoms with Crippen LogP contribution in [-0.4, -0.2) is 48.2 Å².